The normalized spacial score (nSPS) is 16.8. The first-order valence-electron chi connectivity index (χ1n) is 13.6. The Labute approximate surface area is 221 Å². The van der Waals surface area contributed by atoms with Gasteiger partial charge < -0.3 is 19.7 Å². The van der Waals surface area contributed by atoms with Crippen molar-refractivity contribution in [1.82, 2.24) is 4.90 Å². The molecule has 0 radical (unpaired) electrons. The molecule has 4 unspecified atom stereocenters. The lowest BCUT2D eigenvalue weighted by Crippen LogP contribution is -2.41. The average Bonchev–Trinajstić information content (AvgIpc) is 2.65. The first-order chi connectivity index (χ1) is 16.4. The SMILES string of the molecule is CC(CCOCC(O)CN(CCCS(=O)(=O)O)CC(O)COCCC(C)CC(C)(C)C)CC(C)(C)C. The molecule has 0 fully saturated rings. The zero-order valence-electron chi connectivity index (χ0n) is 24.3. The van der Waals surface area contributed by atoms with Crippen LogP contribution in [0.15, 0.2) is 0 Å². The van der Waals surface area contributed by atoms with Crippen molar-refractivity contribution < 1.29 is 32.7 Å². The third-order valence-electron chi connectivity index (χ3n) is 5.87. The van der Waals surface area contributed by atoms with Crippen molar-refractivity contribution in [2.45, 2.75) is 99.7 Å². The minimum atomic E-state index is -4.06. The molecule has 218 valence electrons. The highest BCUT2D eigenvalue weighted by Gasteiger charge is 2.19. The molecule has 0 aromatic rings. The van der Waals surface area contributed by atoms with Crippen LogP contribution in [0.5, 0.6) is 0 Å². The maximum absolute atomic E-state index is 11.1. The Morgan fingerprint density at radius 2 is 1.17 bits per heavy atom. The number of rotatable bonds is 20. The summed E-state index contributed by atoms with van der Waals surface area (Å²) in [6.07, 6.45) is 2.74. The third kappa shape index (κ3) is 24.1. The van der Waals surface area contributed by atoms with Crippen molar-refractivity contribution in [3.8, 4) is 0 Å². The highest BCUT2D eigenvalue weighted by atomic mass is 32.2. The van der Waals surface area contributed by atoms with Crippen LogP contribution in [0.3, 0.4) is 0 Å². The summed E-state index contributed by atoms with van der Waals surface area (Å²) in [5.74, 6) is 0.705. The van der Waals surface area contributed by atoms with Gasteiger partial charge in [-0.05, 0) is 61.3 Å². The molecule has 0 rings (SSSR count). The predicted molar refractivity (Wildman–Crippen MR) is 147 cm³/mol. The summed E-state index contributed by atoms with van der Waals surface area (Å²) in [4.78, 5) is 1.80. The number of hydrogen-bond acceptors (Lipinski definition) is 7. The van der Waals surface area contributed by atoms with Gasteiger partial charge >= 0.3 is 0 Å². The minimum absolute atomic E-state index is 0.176. The van der Waals surface area contributed by atoms with Crippen molar-refractivity contribution in [3.05, 3.63) is 0 Å². The number of nitrogens with zero attached hydrogens (tertiary/aromatic N) is 1. The largest absolute Gasteiger partial charge is 0.389 e. The van der Waals surface area contributed by atoms with Crippen LogP contribution in [0.25, 0.3) is 0 Å². The fraction of sp³-hybridized carbons (Fsp3) is 1.00. The predicted octanol–water partition coefficient (Wildman–Crippen LogP) is 4.25. The second kappa shape index (κ2) is 17.3. The molecule has 0 amide bonds. The molecule has 0 aliphatic carbocycles. The Balaban J connectivity index is 4.51. The summed E-state index contributed by atoms with van der Waals surface area (Å²) < 4.78 is 42.6. The van der Waals surface area contributed by atoms with Crippen molar-refractivity contribution in [2.75, 3.05) is 51.8 Å². The molecule has 4 atom stereocenters. The molecule has 0 saturated heterocycles. The van der Waals surface area contributed by atoms with Crippen LogP contribution in [0, 0.1) is 22.7 Å². The van der Waals surface area contributed by atoms with E-state index in [1.807, 2.05) is 0 Å². The molecular weight excluding hydrogens is 482 g/mol. The summed E-state index contributed by atoms with van der Waals surface area (Å²) in [5, 5.41) is 20.9. The first-order valence-corrected chi connectivity index (χ1v) is 15.2. The highest BCUT2D eigenvalue weighted by molar-refractivity contribution is 7.85. The zero-order valence-corrected chi connectivity index (χ0v) is 25.1. The van der Waals surface area contributed by atoms with Gasteiger partial charge in [0.25, 0.3) is 10.1 Å². The van der Waals surface area contributed by atoms with Crippen LogP contribution in [0.2, 0.25) is 0 Å². The number of ether oxygens (including phenoxy) is 2. The van der Waals surface area contributed by atoms with Gasteiger partial charge in [-0.3, -0.25) is 9.45 Å². The van der Waals surface area contributed by atoms with Crippen LogP contribution >= 0.6 is 0 Å². The van der Waals surface area contributed by atoms with Gasteiger partial charge in [0.15, 0.2) is 0 Å². The van der Waals surface area contributed by atoms with Gasteiger partial charge in [-0.25, -0.2) is 0 Å². The lowest BCUT2D eigenvalue weighted by Gasteiger charge is -2.27. The molecule has 0 bridgehead atoms. The standard InChI is InChI=1S/C27H57NO7S/c1-22(16-26(3,4)5)10-13-34-20-24(29)18-28(12-9-15-36(31,32)33)19-25(30)21-35-14-11-23(2)17-27(6,7)8/h22-25,29-30H,9-21H2,1-8H3,(H,31,32,33). The van der Waals surface area contributed by atoms with E-state index in [4.69, 9.17) is 14.0 Å². The maximum atomic E-state index is 11.1. The molecule has 0 saturated carbocycles. The molecule has 0 heterocycles. The molecule has 0 aliphatic rings. The Kier molecular flexibility index (Phi) is 17.2. The summed E-state index contributed by atoms with van der Waals surface area (Å²) >= 11 is 0. The highest BCUT2D eigenvalue weighted by Crippen LogP contribution is 2.26. The minimum Gasteiger partial charge on any atom is -0.389 e. The Bertz CT molecular complexity index is 620. The molecule has 0 aromatic heterocycles. The van der Waals surface area contributed by atoms with Crippen LogP contribution in [-0.4, -0.2) is 92.1 Å². The van der Waals surface area contributed by atoms with E-state index in [9.17, 15) is 18.6 Å². The van der Waals surface area contributed by atoms with E-state index in [2.05, 4.69) is 55.4 Å². The van der Waals surface area contributed by atoms with Crippen LogP contribution < -0.4 is 0 Å². The van der Waals surface area contributed by atoms with Crippen LogP contribution in [0.4, 0.5) is 0 Å². The van der Waals surface area contributed by atoms with E-state index in [0.717, 1.165) is 25.7 Å². The fourth-order valence-corrected chi connectivity index (χ4v) is 5.23. The van der Waals surface area contributed by atoms with Gasteiger partial charge in [0.1, 0.15) is 0 Å². The second-order valence-corrected chi connectivity index (χ2v) is 14.7. The Morgan fingerprint density at radius 1 is 0.778 bits per heavy atom. The molecule has 0 spiro atoms. The molecule has 8 nitrogen and oxygen atoms in total. The fourth-order valence-electron chi connectivity index (χ4n) is 4.73. The van der Waals surface area contributed by atoms with E-state index in [0.29, 0.717) is 31.6 Å². The van der Waals surface area contributed by atoms with E-state index < -0.39 is 22.3 Å². The lowest BCUT2D eigenvalue weighted by molar-refractivity contribution is -0.0134. The monoisotopic (exact) mass is 539 g/mol. The topological polar surface area (TPSA) is 117 Å². The van der Waals surface area contributed by atoms with E-state index in [-0.39, 0.29) is 49.3 Å². The van der Waals surface area contributed by atoms with Gasteiger partial charge in [-0.1, -0.05) is 55.4 Å². The summed E-state index contributed by atoms with van der Waals surface area (Å²) in [6, 6.07) is 0. The lowest BCUT2D eigenvalue weighted by atomic mass is 9.84. The number of aliphatic hydroxyl groups excluding tert-OH is 2. The Hall–Kier alpha value is -0.290. The van der Waals surface area contributed by atoms with E-state index in [1.165, 1.54) is 0 Å². The van der Waals surface area contributed by atoms with Crippen LogP contribution in [0.1, 0.15) is 87.5 Å². The summed E-state index contributed by atoms with van der Waals surface area (Å²) in [6.45, 7) is 20.0. The van der Waals surface area contributed by atoms with Gasteiger partial charge in [0, 0.05) is 26.3 Å². The third-order valence-corrected chi connectivity index (χ3v) is 6.67. The van der Waals surface area contributed by atoms with Gasteiger partial charge in [0.2, 0.25) is 0 Å². The second-order valence-electron chi connectivity index (χ2n) is 13.2. The number of aliphatic hydroxyl groups is 2. The molecule has 36 heavy (non-hydrogen) atoms. The van der Waals surface area contributed by atoms with E-state index >= 15 is 0 Å². The maximum Gasteiger partial charge on any atom is 0.264 e. The summed E-state index contributed by atoms with van der Waals surface area (Å²) in [7, 11) is -4.06. The Morgan fingerprint density at radius 3 is 1.50 bits per heavy atom. The average molecular weight is 540 g/mol. The van der Waals surface area contributed by atoms with Gasteiger partial charge in [0.05, 0.1) is 31.2 Å². The first kappa shape index (κ1) is 35.7. The number of hydrogen-bond donors (Lipinski definition) is 3. The van der Waals surface area contributed by atoms with Gasteiger partial charge in [-0.2, -0.15) is 8.42 Å². The van der Waals surface area contributed by atoms with Crippen molar-refractivity contribution in [1.29, 1.82) is 0 Å². The smallest absolute Gasteiger partial charge is 0.264 e. The quantitative estimate of drug-likeness (QED) is 0.155. The van der Waals surface area contributed by atoms with Crippen molar-refractivity contribution in [3.63, 3.8) is 0 Å². The van der Waals surface area contributed by atoms with Crippen molar-refractivity contribution >= 4 is 10.1 Å². The molecule has 9 heteroatoms. The zero-order chi connectivity index (χ0) is 28.0. The van der Waals surface area contributed by atoms with Crippen LogP contribution in [-0.2, 0) is 19.6 Å². The molecule has 0 aromatic carbocycles. The van der Waals surface area contributed by atoms with E-state index in [1.54, 1.807) is 4.90 Å². The van der Waals surface area contributed by atoms with Crippen molar-refractivity contribution in [2.24, 2.45) is 22.7 Å². The molecular formula is C27H57NO7S. The molecule has 0 aliphatic heterocycles. The van der Waals surface area contributed by atoms with Gasteiger partial charge in [-0.15, -0.1) is 0 Å². The summed E-state index contributed by atoms with van der Waals surface area (Å²) in [5.41, 5.74) is 0.549. The molecule has 3 N–H and O–H groups in total.